The third kappa shape index (κ3) is 5.60. The average molecular weight is 475 g/mol. The van der Waals surface area contributed by atoms with E-state index in [1.165, 1.54) is 35.6 Å². The molecule has 0 spiro atoms. The molecule has 2 aromatic carbocycles. The van der Waals surface area contributed by atoms with E-state index in [-0.39, 0.29) is 34.9 Å². The van der Waals surface area contributed by atoms with Crippen LogP contribution in [0.3, 0.4) is 0 Å². The van der Waals surface area contributed by atoms with Crippen LogP contribution in [0.2, 0.25) is 0 Å². The number of hydrogen-bond donors (Lipinski definition) is 2. The van der Waals surface area contributed by atoms with Gasteiger partial charge >= 0.3 is 0 Å². The Morgan fingerprint density at radius 2 is 1.72 bits per heavy atom. The number of Topliss-reactive ketones (excluding diaryl/α,β-unsaturated/α-hetero) is 1. The number of sulfonamides is 1. The summed E-state index contributed by atoms with van der Waals surface area (Å²) in [4.78, 5) is 26.6. The van der Waals surface area contributed by atoms with Crippen molar-refractivity contribution in [3.05, 3.63) is 75.2 Å². The van der Waals surface area contributed by atoms with Gasteiger partial charge in [-0.25, -0.2) is 12.8 Å². The third-order valence-electron chi connectivity index (χ3n) is 4.80. The van der Waals surface area contributed by atoms with Gasteiger partial charge in [0.2, 0.25) is 5.91 Å². The molecule has 1 heterocycles. The predicted octanol–water partition coefficient (Wildman–Crippen LogP) is 5.21. The summed E-state index contributed by atoms with van der Waals surface area (Å²) in [5.41, 5.74) is 1.16. The second-order valence-electron chi connectivity index (χ2n) is 7.36. The molecule has 0 saturated carbocycles. The van der Waals surface area contributed by atoms with Crippen molar-refractivity contribution < 1.29 is 22.4 Å². The summed E-state index contributed by atoms with van der Waals surface area (Å²) in [5, 5.41) is 2.63. The number of carbonyl (C=O) groups is 2. The molecule has 0 aliphatic rings. The summed E-state index contributed by atoms with van der Waals surface area (Å²) in [6, 6.07) is 11.7. The SMILES string of the molecule is Cc1cc(C(=O)CCC(=O)Nc2ccc(C)c(S(=O)(=O)Nc3ccccc3F)c2)c(C)s1. The van der Waals surface area contributed by atoms with E-state index >= 15 is 0 Å². The van der Waals surface area contributed by atoms with Crippen molar-refractivity contribution in [1.82, 2.24) is 0 Å². The molecule has 0 aliphatic heterocycles. The first-order valence-corrected chi connectivity index (χ1v) is 12.1. The standard InChI is InChI=1S/C23H23FN2O4S2/c1-14-8-9-17(13-22(14)32(29,30)26-20-7-5-4-6-19(20)24)25-23(28)11-10-21(27)18-12-15(2)31-16(18)3/h4-9,12-13,26H,10-11H2,1-3H3,(H,25,28). The van der Waals surface area contributed by atoms with Gasteiger partial charge in [0, 0.05) is 33.8 Å². The normalized spacial score (nSPS) is 11.2. The molecule has 3 rings (SSSR count). The molecule has 2 N–H and O–H groups in total. The molecule has 1 amide bonds. The number of rotatable bonds is 8. The zero-order valence-electron chi connectivity index (χ0n) is 17.9. The molecular weight excluding hydrogens is 451 g/mol. The van der Waals surface area contributed by atoms with E-state index < -0.39 is 21.7 Å². The minimum absolute atomic E-state index is 0.0311. The fourth-order valence-electron chi connectivity index (χ4n) is 3.20. The Morgan fingerprint density at radius 1 is 1.00 bits per heavy atom. The van der Waals surface area contributed by atoms with Crippen LogP contribution >= 0.6 is 11.3 Å². The fourth-order valence-corrected chi connectivity index (χ4v) is 5.49. The van der Waals surface area contributed by atoms with Gasteiger partial charge in [-0.3, -0.25) is 14.3 Å². The Hall–Kier alpha value is -3.04. The number of aryl methyl sites for hydroxylation is 3. The molecule has 0 bridgehead atoms. The van der Waals surface area contributed by atoms with Crippen LogP contribution in [0.25, 0.3) is 0 Å². The summed E-state index contributed by atoms with van der Waals surface area (Å²) >= 11 is 1.53. The van der Waals surface area contributed by atoms with Crippen LogP contribution < -0.4 is 10.0 Å². The lowest BCUT2D eigenvalue weighted by molar-refractivity contribution is -0.116. The number of carbonyl (C=O) groups excluding carboxylic acids is 2. The number of benzene rings is 2. The number of nitrogens with one attached hydrogen (secondary N) is 2. The Kier molecular flexibility index (Phi) is 7.10. The van der Waals surface area contributed by atoms with Crippen LogP contribution in [0.1, 0.15) is 38.5 Å². The van der Waals surface area contributed by atoms with E-state index in [2.05, 4.69) is 10.0 Å². The number of amides is 1. The maximum absolute atomic E-state index is 13.9. The zero-order chi connectivity index (χ0) is 23.5. The van der Waals surface area contributed by atoms with Gasteiger partial charge in [-0.1, -0.05) is 18.2 Å². The van der Waals surface area contributed by atoms with Gasteiger partial charge in [0.05, 0.1) is 10.6 Å². The van der Waals surface area contributed by atoms with E-state index in [1.807, 2.05) is 19.9 Å². The van der Waals surface area contributed by atoms with Gasteiger partial charge < -0.3 is 5.32 Å². The van der Waals surface area contributed by atoms with E-state index in [4.69, 9.17) is 0 Å². The molecule has 6 nitrogen and oxygen atoms in total. The predicted molar refractivity (Wildman–Crippen MR) is 124 cm³/mol. The van der Waals surface area contributed by atoms with Crippen LogP contribution in [0, 0.1) is 26.6 Å². The van der Waals surface area contributed by atoms with E-state index in [0.29, 0.717) is 11.1 Å². The molecule has 0 radical (unpaired) electrons. The molecule has 0 saturated heterocycles. The number of halogens is 1. The Bertz CT molecular complexity index is 1280. The van der Waals surface area contributed by atoms with Gasteiger partial charge in [-0.05, 0) is 56.7 Å². The Morgan fingerprint density at radius 3 is 2.38 bits per heavy atom. The molecule has 9 heteroatoms. The fraction of sp³-hybridized carbons (Fsp3) is 0.217. The van der Waals surface area contributed by atoms with Crippen LogP contribution in [-0.4, -0.2) is 20.1 Å². The zero-order valence-corrected chi connectivity index (χ0v) is 19.5. The molecule has 0 unspecified atom stereocenters. The largest absolute Gasteiger partial charge is 0.326 e. The number of hydrogen-bond acceptors (Lipinski definition) is 5. The van der Waals surface area contributed by atoms with Crippen LogP contribution in [0.15, 0.2) is 53.4 Å². The highest BCUT2D eigenvalue weighted by Gasteiger charge is 2.20. The van der Waals surface area contributed by atoms with Gasteiger partial charge in [0.1, 0.15) is 5.82 Å². The number of para-hydroxylation sites is 1. The summed E-state index contributed by atoms with van der Waals surface area (Å²) in [6.07, 6.45) is 0.0192. The number of ketones is 1. The molecule has 0 atom stereocenters. The monoisotopic (exact) mass is 474 g/mol. The number of thiophene rings is 1. The smallest absolute Gasteiger partial charge is 0.262 e. The molecule has 32 heavy (non-hydrogen) atoms. The van der Waals surface area contributed by atoms with Crippen molar-refractivity contribution in [3.8, 4) is 0 Å². The molecule has 0 fully saturated rings. The van der Waals surface area contributed by atoms with Crippen molar-refractivity contribution in [2.24, 2.45) is 0 Å². The number of anilines is 2. The molecule has 0 aliphatic carbocycles. The summed E-state index contributed by atoms with van der Waals surface area (Å²) in [5.74, 6) is -1.21. The summed E-state index contributed by atoms with van der Waals surface area (Å²) < 4.78 is 41.7. The van der Waals surface area contributed by atoms with Gasteiger partial charge in [-0.2, -0.15) is 0 Å². The molecule has 168 valence electrons. The summed E-state index contributed by atoms with van der Waals surface area (Å²) in [7, 11) is -4.08. The van der Waals surface area contributed by atoms with Crippen molar-refractivity contribution in [2.45, 2.75) is 38.5 Å². The maximum atomic E-state index is 13.9. The van der Waals surface area contributed by atoms with Gasteiger partial charge in [0.25, 0.3) is 10.0 Å². The lowest BCUT2D eigenvalue weighted by Gasteiger charge is -2.13. The van der Waals surface area contributed by atoms with E-state index in [9.17, 15) is 22.4 Å². The van der Waals surface area contributed by atoms with Crippen molar-refractivity contribution in [1.29, 1.82) is 0 Å². The highest BCUT2D eigenvalue weighted by Crippen LogP contribution is 2.25. The average Bonchev–Trinajstić information content (AvgIpc) is 3.07. The topological polar surface area (TPSA) is 92.3 Å². The molecule has 3 aromatic rings. The maximum Gasteiger partial charge on any atom is 0.262 e. The minimum Gasteiger partial charge on any atom is -0.326 e. The summed E-state index contributed by atoms with van der Waals surface area (Å²) in [6.45, 7) is 5.39. The van der Waals surface area contributed by atoms with Crippen molar-refractivity contribution in [2.75, 3.05) is 10.0 Å². The van der Waals surface area contributed by atoms with Crippen LogP contribution in [-0.2, 0) is 14.8 Å². The third-order valence-corrected chi connectivity index (χ3v) is 7.27. The van der Waals surface area contributed by atoms with Gasteiger partial charge in [0.15, 0.2) is 5.78 Å². The second kappa shape index (κ2) is 9.62. The minimum atomic E-state index is -4.08. The van der Waals surface area contributed by atoms with E-state index in [0.717, 1.165) is 15.8 Å². The first-order valence-electron chi connectivity index (χ1n) is 9.85. The Balaban J connectivity index is 1.70. The quantitative estimate of drug-likeness (QED) is 0.438. The first kappa shape index (κ1) is 23.6. The Labute approximate surface area is 190 Å². The van der Waals surface area contributed by atoms with Crippen molar-refractivity contribution in [3.63, 3.8) is 0 Å². The first-order chi connectivity index (χ1) is 15.1. The second-order valence-corrected chi connectivity index (χ2v) is 10.5. The highest BCUT2D eigenvalue weighted by atomic mass is 32.2. The lowest BCUT2D eigenvalue weighted by Crippen LogP contribution is -2.17. The van der Waals surface area contributed by atoms with Crippen molar-refractivity contribution >= 4 is 44.4 Å². The molecular formula is C23H23FN2O4S2. The van der Waals surface area contributed by atoms with Crippen LogP contribution in [0.4, 0.5) is 15.8 Å². The lowest BCUT2D eigenvalue weighted by atomic mass is 10.1. The molecule has 1 aromatic heterocycles. The van der Waals surface area contributed by atoms with Gasteiger partial charge in [-0.15, -0.1) is 11.3 Å². The van der Waals surface area contributed by atoms with E-state index in [1.54, 1.807) is 19.1 Å². The van der Waals surface area contributed by atoms with Crippen LogP contribution in [0.5, 0.6) is 0 Å². The highest BCUT2D eigenvalue weighted by molar-refractivity contribution is 7.92.